The molecule has 42 heavy (non-hydrogen) atoms. The molecule has 222 valence electrons. The van der Waals surface area contributed by atoms with E-state index in [1.807, 2.05) is 0 Å². The number of hydrogen-bond donors (Lipinski definition) is 2. The molecule has 0 aromatic heterocycles. The standard InChI is InChI=1S/C29H26F4N2O7/c1-39-21-13-19(14-22(15-21)41-11-3-4-26(36)37)34-27(23-8-6-18(30)12-25(23)40-2)28(38)35-10-9-17-5-7-20(16-24(17)35)42-29(31,32)33/h5-8,12-16H,3-4,9-11H2,1-2H3,(H,36,37)/p+1. The molecular weight excluding hydrogens is 564 g/mol. The summed E-state index contributed by atoms with van der Waals surface area (Å²) in [5.74, 6) is -1.97. The molecule has 0 saturated heterocycles. The number of ether oxygens (including phenoxy) is 4. The largest absolute Gasteiger partial charge is 0.573 e. The van der Waals surface area contributed by atoms with Crippen molar-refractivity contribution in [2.24, 2.45) is 0 Å². The van der Waals surface area contributed by atoms with E-state index < -0.39 is 29.8 Å². The molecule has 1 heterocycles. The number of anilines is 1. The molecule has 4 rings (SSSR count). The van der Waals surface area contributed by atoms with Crippen molar-refractivity contribution in [3.05, 3.63) is 71.5 Å². The Kier molecular flexibility index (Phi) is 9.18. The number of rotatable bonds is 11. The van der Waals surface area contributed by atoms with Crippen molar-refractivity contribution in [3.63, 3.8) is 0 Å². The number of alkyl halides is 3. The number of hydrogen-bond acceptors (Lipinski definition) is 6. The van der Waals surface area contributed by atoms with Crippen LogP contribution in [-0.2, 0) is 16.0 Å². The van der Waals surface area contributed by atoms with Gasteiger partial charge in [-0.2, -0.15) is 4.99 Å². The van der Waals surface area contributed by atoms with Gasteiger partial charge >= 0.3 is 18.2 Å². The zero-order valence-electron chi connectivity index (χ0n) is 22.6. The maximum Gasteiger partial charge on any atom is 0.573 e. The van der Waals surface area contributed by atoms with Crippen LogP contribution in [0, 0.1) is 5.82 Å². The Bertz CT molecular complexity index is 1510. The van der Waals surface area contributed by atoms with Crippen LogP contribution in [0.4, 0.5) is 28.9 Å². The summed E-state index contributed by atoms with van der Waals surface area (Å²) in [4.78, 5) is 29.2. The van der Waals surface area contributed by atoms with Gasteiger partial charge < -0.3 is 29.0 Å². The fourth-order valence-electron chi connectivity index (χ4n) is 4.41. The van der Waals surface area contributed by atoms with Gasteiger partial charge in [-0.05, 0) is 36.6 Å². The number of carbonyl (C=O) groups excluding carboxylic acids is 1. The molecule has 0 bridgehead atoms. The molecule has 3 aromatic rings. The third-order valence-corrected chi connectivity index (χ3v) is 6.27. The van der Waals surface area contributed by atoms with Gasteiger partial charge in [-0.25, -0.2) is 4.39 Å². The molecule has 1 amide bonds. The van der Waals surface area contributed by atoms with Crippen LogP contribution in [-0.4, -0.2) is 56.4 Å². The normalized spacial score (nSPS) is 13.0. The molecule has 0 saturated carbocycles. The number of carboxylic acids is 1. The molecule has 3 aromatic carbocycles. The summed E-state index contributed by atoms with van der Waals surface area (Å²) in [6.45, 7) is 0.265. The van der Waals surface area contributed by atoms with E-state index in [0.717, 1.165) is 18.2 Å². The van der Waals surface area contributed by atoms with Gasteiger partial charge in [0.1, 0.15) is 28.8 Å². The van der Waals surface area contributed by atoms with Crippen LogP contribution in [0.15, 0.2) is 54.6 Å². The van der Waals surface area contributed by atoms with E-state index in [-0.39, 0.29) is 48.7 Å². The maximum absolute atomic E-state index is 14.1. The molecule has 0 aliphatic carbocycles. The molecule has 0 fully saturated rings. The lowest BCUT2D eigenvalue weighted by atomic mass is 10.1. The van der Waals surface area contributed by atoms with Crippen molar-refractivity contribution in [1.29, 1.82) is 0 Å². The van der Waals surface area contributed by atoms with E-state index in [0.29, 0.717) is 29.2 Å². The number of nitrogens with one attached hydrogen (secondary N) is 1. The van der Waals surface area contributed by atoms with Gasteiger partial charge in [0.15, 0.2) is 0 Å². The lowest BCUT2D eigenvalue weighted by Gasteiger charge is -2.18. The van der Waals surface area contributed by atoms with Crippen molar-refractivity contribution < 1.29 is 56.2 Å². The first-order valence-corrected chi connectivity index (χ1v) is 12.7. The lowest BCUT2D eigenvalue weighted by Crippen LogP contribution is -2.70. The van der Waals surface area contributed by atoms with Crippen LogP contribution < -0.4 is 28.8 Å². The fourth-order valence-corrected chi connectivity index (χ4v) is 4.41. The van der Waals surface area contributed by atoms with E-state index in [4.69, 9.17) is 19.3 Å². The summed E-state index contributed by atoms with van der Waals surface area (Å²) in [6.07, 6.45) is -4.36. The van der Waals surface area contributed by atoms with Crippen LogP contribution in [0.2, 0.25) is 0 Å². The summed E-state index contributed by atoms with van der Waals surface area (Å²) in [5.41, 5.74) is 1.32. The highest BCUT2D eigenvalue weighted by Crippen LogP contribution is 2.35. The van der Waals surface area contributed by atoms with E-state index in [9.17, 15) is 27.2 Å². The Morgan fingerprint density at radius 1 is 0.976 bits per heavy atom. The van der Waals surface area contributed by atoms with E-state index >= 15 is 0 Å². The highest BCUT2D eigenvalue weighted by Gasteiger charge is 2.36. The van der Waals surface area contributed by atoms with E-state index in [1.165, 1.54) is 37.3 Å². The van der Waals surface area contributed by atoms with Gasteiger partial charge in [0.25, 0.3) is 5.71 Å². The first-order valence-electron chi connectivity index (χ1n) is 12.7. The smallest absolute Gasteiger partial charge is 0.496 e. The molecule has 13 heteroatoms. The number of methoxy groups -OCH3 is 2. The lowest BCUT2D eigenvalue weighted by molar-refractivity contribution is -0.352. The van der Waals surface area contributed by atoms with Gasteiger partial charge in [0.05, 0.1) is 44.2 Å². The third-order valence-electron chi connectivity index (χ3n) is 6.27. The maximum atomic E-state index is 14.1. The number of carboxylic acid groups (broad SMARTS) is 1. The second kappa shape index (κ2) is 12.8. The average Bonchev–Trinajstić information content (AvgIpc) is 3.36. The topological polar surface area (TPSA) is 109 Å². The first kappa shape index (κ1) is 30.2. The SMILES string of the molecule is COc1cc([NH+]=C(C(=O)N2CCc3ccc(OC(F)(F)F)cc32)c2ccc(F)cc2OC)cc(OCCCC(=O)O)c1. The molecule has 0 radical (unpaired) electrons. The van der Waals surface area contributed by atoms with Crippen LogP contribution in [0.3, 0.4) is 0 Å². The number of nitrogens with zero attached hydrogens (tertiary/aromatic N) is 1. The Morgan fingerprint density at radius 2 is 1.74 bits per heavy atom. The summed E-state index contributed by atoms with van der Waals surface area (Å²) < 4.78 is 73.1. The van der Waals surface area contributed by atoms with Crippen LogP contribution >= 0.6 is 0 Å². The minimum atomic E-state index is -4.91. The predicted molar refractivity (Wildman–Crippen MR) is 142 cm³/mol. The number of aliphatic carboxylic acids is 1. The molecule has 0 unspecified atom stereocenters. The summed E-state index contributed by atoms with van der Waals surface area (Å²) in [7, 11) is 2.73. The highest BCUT2D eigenvalue weighted by molar-refractivity contribution is 6.48. The molecule has 2 N–H and O–H groups in total. The second-order valence-electron chi connectivity index (χ2n) is 9.13. The number of carbonyl (C=O) groups is 2. The predicted octanol–water partition coefficient (Wildman–Crippen LogP) is 3.78. The molecule has 1 aliphatic heterocycles. The van der Waals surface area contributed by atoms with Gasteiger partial charge in [0, 0.05) is 31.2 Å². The van der Waals surface area contributed by atoms with Gasteiger partial charge in [-0.3, -0.25) is 9.59 Å². The van der Waals surface area contributed by atoms with E-state index in [2.05, 4.69) is 9.73 Å². The molecule has 1 aliphatic rings. The molecule has 0 spiro atoms. The second-order valence-corrected chi connectivity index (χ2v) is 9.13. The highest BCUT2D eigenvalue weighted by atomic mass is 19.4. The van der Waals surface area contributed by atoms with Crippen LogP contribution in [0.25, 0.3) is 0 Å². The first-order chi connectivity index (χ1) is 20.0. The quantitative estimate of drug-likeness (QED) is 0.199. The zero-order valence-corrected chi connectivity index (χ0v) is 22.6. The number of halogens is 4. The van der Waals surface area contributed by atoms with Crippen molar-refractivity contribution in [1.82, 2.24) is 0 Å². The number of amides is 1. The van der Waals surface area contributed by atoms with Crippen LogP contribution in [0.1, 0.15) is 24.0 Å². The average molecular weight is 592 g/mol. The molecule has 9 nitrogen and oxygen atoms in total. The Balaban J connectivity index is 1.77. The summed E-state index contributed by atoms with van der Waals surface area (Å²) >= 11 is 0. The Hall–Kier alpha value is -4.81. The zero-order chi connectivity index (χ0) is 30.4. The molecular formula is C29H27F4N2O7+. The Morgan fingerprint density at radius 3 is 2.43 bits per heavy atom. The fraction of sp³-hybridized carbons (Fsp3) is 0.276. The van der Waals surface area contributed by atoms with E-state index in [1.54, 1.807) is 18.2 Å². The minimum absolute atomic E-state index is 0.0347. The van der Waals surface area contributed by atoms with Gasteiger partial charge in [0.2, 0.25) is 5.69 Å². The Labute approximate surface area is 237 Å². The summed E-state index contributed by atoms with van der Waals surface area (Å²) in [6, 6.07) is 12.1. The van der Waals surface area contributed by atoms with Crippen LogP contribution in [0.5, 0.6) is 23.0 Å². The van der Waals surface area contributed by atoms with Gasteiger partial charge in [-0.1, -0.05) is 6.07 Å². The van der Waals surface area contributed by atoms with Crippen molar-refractivity contribution in [2.45, 2.75) is 25.6 Å². The monoisotopic (exact) mass is 591 g/mol. The number of benzene rings is 3. The third kappa shape index (κ3) is 7.47. The van der Waals surface area contributed by atoms with Crippen molar-refractivity contribution in [2.75, 3.05) is 32.3 Å². The van der Waals surface area contributed by atoms with Gasteiger partial charge in [-0.15, -0.1) is 13.2 Å². The van der Waals surface area contributed by atoms with Crippen molar-refractivity contribution in [3.8, 4) is 23.0 Å². The van der Waals surface area contributed by atoms with Crippen molar-refractivity contribution >= 4 is 29.0 Å². The molecule has 0 atom stereocenters. The summed E-state index contributed by atoms with van der Waals surface area (Å²) in [5, 5.41) is 8.86. The minimum Gasteiger partial charge on any atom is -0.496 e. The number of fused-ring (bicyclic) bond motifs is 1.